The highest BCUT2D eigenvalue weighted by atomic mass is 79.9. The Morgan fingerprint density at radius 1 is 1.03 bits per heavy atom. The Bertz CT molecular complexity index is 1010. The monoisotopic (exact) mass is 535 g/mol. The number of aryl methyl sites for hydroxylation is 1. The molecule has 0 saturated heterocycles. The van der Waals surface area contributed by atoms with Crippen LogP contribution in [0.1, 0.15) is 102 Å². The van der Waals surface area contributed by atoms with Crippen LogP contribution in [0.4, 0.5) is 0 Å². The molecule has 0 saturated carbocycles. The smallest absolute Gasteiger partial charge is 0.205 e. The minimum Gasteiger partial charge on any atom is -0.507 e. The van der Waals surface area contributed by atoms with Gasteiger partial charge in [-0.3, -0.25) is 9.79 Å². The van der Waals surface area contributed by atoms with Gasteiger partial charge in [0.25, 0.3) is 0 Å². The number of ketones is 1. The van der Waals surface area contributed by atoms with Gasteiger partial charge < -0.3 is 14.2 Å². The molecule has 192 valence electrons. The molecule has 0 amide bonds. The van der Waals surface area contributed by atoms with Crippen LogP contribution in [-0.4, -0.2) is 27.1 Å². The van der Waals surface area contributed by atoms with Gasteiger partial charge >= 0.3 is 0 Å². The van der Waals surface area contributed by atoms with Crippen molar-refractivity contribution in [1.82, 2.24) is 9.13 Å². The van der Waals surface area contributed by atoms with Crippen molar-refractivity contribution in [2.24, 2.45) is 10.9 Å². The number of nitrogens with zero attached hydrogens (tertiary/aromatic N) is 3. The number of imidazole rings is 1. The lowest BCUT2D eigenvalue weighted by Crippen LogP contribution is -2.29. The van der Waals surface area contributed by atoms with E-state index in [0.717, 1.165) is 35.4 Å². The third kappa shape index (κ3) is 6.87. The van der Waals surface area contributed by atoms with Gasteiger partial charge in [0.05, 0.1) is 6.54 Å². The average Bonchev–Trinajstić information content (AvgIpc) is 3.01. The van der Waals surface area contributed by atoms with E-state index in [4.69, 9.17) is 0 Å². The van der Waals surface area contributed by atoms with Crippen LogP contribution < -0.4 is 5.62 Å². The van der Waals surface area contributed by atoms with Crippen LogP contribution in [-0.2, 0) is 23.9 Å². The summed E-state index contributed by atoms with van der Waals surface area (Å²) in [6.45, 7) is 20.1. The van der Waals surface area contributed by atoms with E-state index in [0.29, 0.717) is 17.2 Å². The van der Waals surface area contributed by atoms with E-state index < -0.39 is 0 Å². The molecule has 2 aromatic rings. The van der Waals surface area contributed by atoms with Gasteiger partial charge in [-0.05, 0) is 42.2 Å². The first-order valence-electron chi connectivity index (χ1n) is 12.3. The summed E-state index contributed by atoms with van der Waals surface area (Å²) in [5, 5.41) is 11.0. The zero-order chi connectivity index (χ0) is 25.1. The van der Waals surface area contributed by atoms with Gasteiger partial charge in [0.15, 0.2) is 5.78 Å². The second-order valence-electron chi connectivity index (χ2n) is 11.4. The average molecular weight is 537 g/mol. The number of hydrogen-bond acceptors (Lipinski definition) is 3. The number of rotatable bonds is 8. The molecule has 5 nitrogen and oxygen atoms in total. The van der Waals surface area contributed by atoms with Crippen molar-refractivity contribution in [1.29, 1.82) is 0 Å². The van der Waals surface area contributed by atoms with Crippen LogP contribution in [0.5, 0.6) is 5.75 Å². The van der Waals surface area contributed by atoms with Crippen molar-refractivity contribution in [3.05, 3.63) is 46.3 Å². The van der Waals surface area contributed by atoms with E-state index in [1.807, 2.05) is 22.9 Å². The minimum atomic E-state index is -0.271. The molecule has 0 aliphatic heterocycles. The number of Topliss-reactive ketones (excluding diaryl/α,β-unsaturated/α-hetero) is 1. The van der Waals surface area contributed by atoms with Crippen molar-refractivity contribution in [3.8, 4) is 5.75 Å². The Morgan fingerprint density at radius 3 is 1.94 bits per heavy atom. The molecule has 34 heavy (non-hydrogen) atoms. The summed E-state index contributed by atoms with van der Waals surface area (Å²) < 4.78 is 4.19. The van der Waals surface area contributed by atoms with Crippen molar-refractivity contribution >= 4 is 22.8 Å². The summed E-state index contributed by atoms with van der Waals surface area (Å²) in [5.74, 6) is 1.03. The quantitative estimate of drug-likeness (QED) is 0.381. The predicted octanol–water partition coefficient (Wildman–Crippen LogP) is 6.72. The Hall–Kier alpha value is -1.82. The Morgan fingerprint density at radius 2 is 1.53 bits per heavy atom. The standard InChI is InChI=1S/C28H45N3O2.BrH/c1-11-20(12-2)13-14-31-19(3)17-30(26(31)29-10)18-24(32)21-15-22(27(4,5)6)25(33)23(16-21)28(7,8)9;/h15-17,20,33H,11-14,18H2,1-10H3;1H/b29-26-;. The molecule has 1 heterocycles. The first kappa shape index (κ1) is 30.2. The lowest BCUT2D eigenvalue weighted by atomic mass is 9.78. The largest absolute Gasteiger partial charge is 0.507 e. The van der Waals surface area contributed by atoms with Gasteiger partial charge in [0, 0.05) is 42.2 Å². The van der Waals surface area contributed by atoms with Crippen molar-refractivity contribution in [3.63, 3.8) is 0 Å². The molecule has 0 aliphatic carbocycles. The van der Waals surface area contributed by atoms with Gasteiger partial charge in [0.2, 0.25) is 5.62 Å². The number of phenols is 1. The lowest BCUT2D eigenvalue weighted by Gasteiger charge is -2.28. The molecule has 2 rings (SSSR count). The first-order chi connectivity index (χ1) is 15.2. The number of hydrogen-bond donors (Lipinski definition) is 1. The molecule has 0 radical (unpaired) electrons. The zero-order valence-electron chi connectivity index (χ0n) is 23.0. The number of aromatic nitrogens is 2. The topological polar surface area (TPSA) is 59.5 Å². The SMILES string of the molecule is Br.CCC(CC)CCn1c(C)cn(CC(=O)c2cc(C(C)(C)C)c(O)c(C(C)(C)C)c2)/c1=N/C. The van der Waals surface area contributed by atoms with Gasteiger partial charge in [-0.15, -0.1) is 17.0 Å². The first-order valence-corrected chi connectivity index (χ1v) is 12.3. The van der Waals surface area contributed by atoms with E-state index in [1.165, 1.54) is 12.8 Å². The van der Waals surface area contributed by atoms with Crippen LogP contribution in [0.25, 0.3) is 0 Å². The van der Waals surface area contributed by atoms with E-state index in [1.54, 1.807) is 7.05 Å². The normalized spacial score (nSPS) is 12.9. The number of phenolic OH excluding ortho intramolecular Hbond substituents is 1. The van der Waals surface area contributed by atoms with E-state index >= 15 is 0 Å². The molecular formula is C28H46BrN3O2. The molecule has 0 fully saturated rings. The highest BCUT2D eigenvalue weighted by molar-refractivity contribution is 8.93. The Balaban J connectivity index is 0.00000578. The fourth-order valence-corrected chi connectivity index (χ4v) is 4.50. The van der Waals surface area contributed by atoms with E-state index in [2.05, 4.69) is 71.9 Å². The van der Waals surface area contributed by atoms with Gasteiger partial charge in [-0.25, -0.2) is 0 Å². The number of carbonyl (C=O) groups excluding carboxylic acids is 1. The van der Waals surface area contributed by atoms with E-state index in [9.17, 15) is 9.90 Å². The fourth-order valence-electron chi connectivity index (χ4n) is 4.50. The number of aromatic hydroxyl groups is 1. The third-order valence-electron chi connectivity index (χ3n) is 6.74. The molecule has 6 heteroatoms. The fraction of sp³-hybridized carbons (Fsp3) is 0.643. The molecule has 0 unspecified atom stereocenters. The summed E-state index contributed by atoms with van der Waals surface area (Å²) in [4.78, 5) is 18.0. The summed E-state index contributed by atoms with van der Waals surface area (Å²) in [7, 11) is 1.79. The van der Waals surface area contributed by atoms with Gasteiger partial charge in [-0.1, -0.05) is 68.2 Å². The maximum Gasteiger partial charge on any atom is 0.205 e. The molecule has 1 N–H and O–H groups in total. The molecule has 1 aromatic heterocycles. The lowest BCUT2D eigenvalue weighted by molar-refractivity contribution is 0.0970. The summed E-state index contributed by atoms with van der Waals surface area (Å²) in [5.41, 5.74) is 3.66. The molecule has 0 atom stereocenters. The van der Waals surface area contributed by atoms with Crippen LogP contribution in [0.2, 0.25) is 0 Å². The number of benzene rings is 1. The second kappa shape index (κ2) is 11.7. The Kier molecular flexibility index (Phi) is 10.4. The number of carbonyl (C=O) groups is 1. The molecule has 0 spiro atoms. The maximum absolute atomic E-state index is 13.5. The van der Waals surface area contributed by atoms with Gasteiger partial charge in [-0.2, -0.15) is 0 Å². The molecule has 1 aromatic carbocycles. The third-order valence-corrected chi connectivity index (χ3v) is 6.74. The summed E-state index contributed by atoms with van der Waals surface area (Å²) in [6.07, 6.45) is 5.51. The van der Waals surface area contributed by atoms with E-state index in [-0.39, 0.29) is 40.1 Å². The van der Waals surface area contributed by atoms with Crippen molar-refractivity contribution in [2.75, 3.05) is 7.05 Å². The van der Waals surface area contributed by atoms with Crippen molar-refractivity contribution < 1.29 is 9.90 Å². The number of halogens is 1. The van der Waals surface area contributed by atoms with Crippen LogP contribution in [0.3, 0.4) is 0 Å². The second-order valence-corrected chi connectivity index (χ2v) is 11.4. The Labute approximate surface area is 217 Å². The van der Waals surface area contributed by atoms with Crippen LogP contribution in [0, 0.1) is 12.8 Å². The predicted molar refractivity (Wildman–Crippen MR) is 147 cm³/mol. The van der Waals surface area contributed by atoms with Gasteiger partial charge in [0.1, 0.15) is 5.75 Å². The molecular weight excluding hydrogens is 490 g/mol. The zero-order valence-corrected chi connectivity index (χ0v) is 24.7. The molecule has 0 aliphatic rings. The minimum absolute atomic E-state index is 0. The highest BCUT2D eigenvalue weighted by Gasteiger charge is 2.28. The summed E-state index contributed by atoms with van der Waals surface area (Å²) >= 11 is 0. The summed E-state index contributed by atoms with van der Waals surface area (Å²) in [6, 6.07) is 3.74. The van der Waals surface area contributed by atoms with Crippen molar-refractivity contribution in [2.45, 2.75) is 105 Å². The maximum atomic E-state index is 13.5. The van der Waals surface area contributed by atoms with Crippen LogP contribution >= 0.6 is 17.0 Å². The van der Waals surface area contributed by atoms with Crippen LogP contribution in [0.15, 0.2) is 23.3 Å². The highest BCUT2D eigenvalue weighted by Crippen LogP contribution is 2.39. The molecule has 0 bridgehead atoms.